The Bertz CT molecular complexity index is 1080. The Labute approximate surface area is 167 Å². The van der Waals surface area contributed by atoms with E-state index in [1.165, 1.54) is 12.1 Å². The fraction of sp³-hybridized carbons (Fsp3) is 0.250. The van der Waals surface area contributed by atoms with Crippen molar-refractivity contribution in [2.24, 2.45) is 0 Å². The topological polar surface area (TPSA) is 119 Å². The number of hydrogen-bond donors (Lipinski definition) is 1. The number of nitrogens with zero attached hydrogens (tertiary/aromatic N) is 5. The molecule has 1 amide bonds. The Morgan fingerprint density at radius 1 is 1.21 bits per heavy atom. The van der Waals surface area contributed by atoms with Crippen LogP contribution in [0.15, 0.2) is 42.5 Å². The molecule has 1 N–H and O–H groups in total. The van der Waals surface area contributed by atoms with E-state index in [0.717, 1.165) is 5.56 Å². The second-order valence-corrected chi connectivity index (χ2v) is 6.90. The molecule has 3 aromatic rings. The molecule has 148 valence electrons. The van der Waals surface area contributed by atoms with Gasteiger partial charge in [-0.3, -0.25) is 20.0 Å². The van der Waals surface area contributed by atoms with Crippen LogP contribution in [0.25, 0.3) is 10.9 Å². The fourth-order valence-electron chi connectivity index (χ4n) is 2.91. The van der Waals surface area contributed by atoms with Crippen LogP contribution in [0.2, 0.25) is 0 Å². The number of likely N-dealkylation sites (N-methyl/N-ethyl adjacent to an activating group) is 1. The van der Waals surface area contributed by atoms with Gasteiger partial charge in [-0.1, -0.05) is 12.1 Å². The van der Waals surface area contributed by atoms with Crippen LogP contribution < -0.4 is 0 Å². The van der Waals surface area contributed by atoms with Crippen molar-refractivity contribution < 1.29 is 9.72 Å². The zero-order valence-corrected chi connectivity index (χ0v) is 16.1. The van der Waals surface area contributed by atoms with Crippen molar-refractivity contribution >= 4 is 22.5 Å². The number of nitro benzene ring substituents is 1. The molecule has 0 fully saturated rings. The number of H-pyrrole nitrogens is 1. The first-order chi connectivity index (χ1) is 13.9. The molecule has 0 aliphatic heterocycles. The lowest BCUT2D eigenvalue weighted by Gasteiger charge is -2.24. The Balaban J connectivity index is 1.93. The number of carbonyl (C=O) groups excluding carboxylic acids is 1. The SMILES string of the molecule is CN(C)CCN(Cc1ccc(C#N)cc1)C(=O)c1n[nH]c2ccc([N+](=O)[O-])cc12. The molecule has 0 radical (unpaired) electrons. The highest BCUT2D eigenvalue weighted by Crippen LogP contribution is 2.23. The minimum Gasteiger partial charge on any atom is -0.332 e. The van der Waals surface area contributed by atoms with Gasteiger partial charge >= 0.3 is 0 Å². The molecule has 2 aromatic carbocycles. The quantitative estimate of drug-likeness (QED) is 0.487. The lowest BCUT2D eigenvalue weighted by Crippen LogP contribution is -2.36. The molecule has 0 aliphatic carbocycles. The van der Waals surface area contributed by atoms with Crippen LogP contribution in [0.5, 0.6) is 0 Å². The number of non-ortho nitro benzene ring substituents is 1. The van der Waals surface area contributed by atoms with Crippen molar-refractivity contribution in [3.8, 4) is 6.07 Å². The van der Waals surface area contributed by atoms with Crippen molar-refractivity contribution in [2.45, 2.75) is 6.54 Å². The Morgan fingerprint density at radius 2 is 1.93 bits per heavy atom. The number of nitriles is 1. The van der Waals surface area contributed by atoms with Gasteiger partial charge in [-0.15, -0.1) is 0 Å². The lowest BCUT2D eigenvalue weighted by atomic mass is 10.1. The largest absolute Gasteiger partial charge is 0.332 e. The number of hydrogen-bond acceptors (Lipinski definition) is 6. The van der Waals surface area contributed by atoms with Crippen molar-refractivity contribution in [1.29, 1.82) is 5.26 Å². The second kappa shape index (κ2) is 8.50. The molecule has 0 saturated heterocycles. The van der Waals surface area contributed by atoms with Crippen LogP contribution >= 0.6 is 0 Å². The third-order valence-corrected chi connectivity index (χ3v) is 4.52. The van der Waals surface area contributed by atoms with Gasteiger partial charge in [0, 0.05) is 37.2 Å². The summed E-state index contributed by atoms with van der Waals surface area (Å²) in [5.74, 6) is -0.317. The molecule has 0 atom stereocenters. The maximum atomic E-state index is 13.2. The van der Waals surface area contributed by atoms with Crippen LogP contribution in [0, 0.1) is 21.4 Å². The molecule has 0 unspecified atom stereocenters. The molecule has 0 spiro atoms. The Hall–Kier alpha value is -3.77. The van der Waals surface area contributed by atoms with Gasteiger partial charge in [0.2, 0.25) is 0 Å². The van der Waals surface area contributed by atoms with Gasteiger partial charge in [0.05, 0.1) is 22.1 Å². The summed E-state index contributed by atoms with van der Waals surface area (Å²) in [6.45, 7) is 1.43. The number of amides is 1. The third kappa shape index (κ3) is 4.56. The minimum atomic E-state index is -0.499. The van der Waals surface area contributed by atoms with Crippen LogP contribution in [0.3, 0.4) is 0 Å². The first kappa shape index (κ1) is 20.0. The van der Waals surface area contributed by atoms with Gasteiger partial charge in [-0.2, -0.15) is 10.4 Å². The van der Waals surface area contributed by atoms with E-state index in [-0.39, 0.29) is 17.3 Å². The molecule has 9 heteroatoms. The molecule has 9 nitrogen and oxygen atoms in total. The van der Waals surface area contributed by atoms with Gasteiger partial charge in [-0.05, 0) is 37.9 Å². The summed E-state index contributed by atoms with van der Waals surface area (Å²) in [7, 11) is 3.83. The standard InChI is InChI=1S/C20H20N6O3/c1-24(2)9-10-25(13-15-5-3-14(12-21)4-6-15)20(27)19-17-11-16(26(28)29)7-8-18(17)22-23-19/h3-8,11H,9-10,13H2,1-2H3,(H,22,23). The zero-order chi connectivity index (χ0) is 21.0. The summed E-state index contributed by atoms with van der Waals surface area (Å²) in [6.07, 6.45) is 0. The highest BCUT2D eigenvalue weighted by atomic mass is 16.6. The van der Waals surface area contributed by atoms with Gasteiger partial charge in [-0.25, -0.2) is 0 Å². The molecule has 0 aliphatic rings. The van der Waals surface area contributed by atoms with Gasteiger partial charge in [0.25, 0.3) is 11.6 Å². The first-order valence-electron chi connectivity index (χ1n) is 8.94. The molecular formula is C20H20N6O3. The van der Waals surface area contributed by atoms with Crippen LogP contribution in [-0.2, 0) is 6.54 Å². The van der Waals surface area contributed by atoms with Gasteiger partial charge < -0.3 is 9.80 Å². The maximum Gasteiger partial charge on any atom is 0.275 e. The molecule has 29 heavy (non-hydrogen) atoms. The van der Waals surface area contributed by atoms with E-state index < -0.39 is 4.92 Å². The number of rotatable bonds is 7. The normalized spacial score (nSPS) is 10.8. The van der Waals surface area contributed by atoms with E-state index in [1.807, 2.05) is 31.1 Å². The average molecular weight is 392 g/mol. The predicted molar refractivity (Wildman–Crippen MR) is 107 cm³/mol. The summed E-state index contributed by atoms with van der Waals surface area (Å²) < 4.78 is 0. The highest BCUT2D eigenvalue weighted by molar-refractivity contribution is 6.05. The van der Waals surface area contributed by atoms with Crippen molar-refractivity contribution in [1.82, 2.24) is 20.0 Å². The number of nitro groups is 1. The molecule has 0 bridgehead atoms. The average Bonchev–Trinajstić information content (AvgIpc) is 3.14. The highest BCUT2D eigenvalue weighted by Gasteiger charge is 2.23. The Morgan fingerprint density at radius 3 is 2.55 bits per heavy atom. The van der Waals surface area contributed by atoms with Crippen molar-refractivity contribution in [2.75, 3.05) is 27.2 Å². The summed E-state index contributed by atoms with van der Waals surface area (Å²) in [6, 6.07) is 13.4. The summed E-state index contributed by atoms with van der Waals surface area (Å²) >= 11 is 0. The van der Waals surface area contributed by atoms with E-state index in [0.29, 0.717) is 36.1 Å². The lowest BCUT2D eigenvalue weighted by molar-refractivity contribution is -0.384. The molecule has 0 saturated carbocycles. The number of benzene rings is 2. The number of aromatic nitrogens is 2. The van der Waals surface area contributed by atoms with E-state index >= 15 is 0 Å². The van der Waals surface area contributed by atoms with Crippen molar-refractivity contribution in [3.05, 3.63) is 69.4 Å². The van der Waals surface area contributed by atoms with Gasteiger partial charge in [0.15, 0.2) is 5.69 Å². The molecule has 3 rings (SSSR count). The number of fused-ring (bicyclic) bond motifs is 1. The van der Waals surface area contributed by atoms with E-state index in [4.69, 9.17) is 5.26 Å². The Kier molecular flexibility index (Phi) is 5.85. The van der Waals surface area contributed by atoms with E-state index in [1.54, 1.807) is 23.1 Å². The number of carbonyl (C=O) groups is 1. The van der Waals surface area contributed by atoms with Gasteiger partial charge in [0.1, 0.15) is 0 Å². The third-order valence-electron chi connectivity index (χ3n) is 4.52. The zero-order valence-electron chi connectivity index (χ0n) is 16.1. The fourth-order valence-corrected chi connectivity index (χ4v) is 2.91. The predicted octanol–water partition coefficient (Wildman–Crippen LogP) is 2.55. The monoisotopic (exact) mass is 392 g/mol. The second-order valence-electron chi connectivity index (χ2n) is 6.90. The summed E-state index contributed by atoms with van der Waals surface area (Å²) in [5.41, 5.74) is 2.04. The minimum absolute atomic E-state index is 0.0973. The number of nitrogens with one attached hydrogen (secondary N) is 1. The van der Waals surface area contributed by atoms with Crippen LogP contribution in [0.1, 0.15) is 21.6 Å². The van der Waals surface area contributed by atoms with E-state index in [9.17, 15) is 14.9 Å². The smallest absolute Gasteiger partial charge is 0.275 e. The van der Waals surface area contributed by atoms with Crippen molar-refractivity contribution in [3.63, 3.8) is 0 Å². The first-order valence-corrected chi connectivity index (χ1v) is 8.94. The number of aromatic amines is 1. The molecular weight excluding hydrogens is 372 g/mol. The van der Waals surface area contributed by atoms with Crippen LogP contribution in [0.4, 0.5) is 5.69 Å². The summed E-state index contributed by atoms with van der Waals surface area (Å²) in [4.78, 5) is 27.5. The maximum absolute atomic E-state index is 13.2. The van der Waals surface area contributed by atoms with E-state index in [2.05, 4.69) is 16.3 Å². The molecule has 1 heterocycles. The summed E-state index contributed by atoms with van der Waals surface area (Å²) in [5, 5.41) is 27.4. The van der Waals surface area contributed by atoms with Crippen LogP contribution in [-0.4, -0.2) is 58.0 Å². The molecule has 1 aromatic heterocycles.